The van der Waals surface area contributed by atoms with Crippen molar-refractivity contribution in [2.24, 2.45) is 5.41 Å². The molecule has 2 aliphatic rings. The fraction of sp³-hybridized carbons (Fsp3) is 0.500. The normalized spacial score (nSPS) is 20.4. The average Bonchev–Trinajstić information content (AvgIpc) is 3.07. The van der Waals surface area contributed by atoms with Crippen LogP contribution in [0.5, 0.6) is 0 Å². The third-order valence-corrected chi connectivity index (χ3v) is 5.12. The lowest BCUT2D eigenvalue weighted by molar-refractivity contribution is 0.244. The molecule has 5 nitrogen and oxygen atoms in total. The molecule has 2 aromatic rings. The van der Waals surface area contributed by atoms with Crippen molar-refractivity contribution in [2.75, 3.05) is 36.0 Å². The molecular formula is C14H17N5S. The largest absolute Gasteiger partial charge is 0.354 e. The summed E-state index contributed by atoms with van der Waals surface area (Å²) in [5, 5.41) is 11.6. The van der Waals surface area contributed by atoms with E-state index in [1.54, 1.807) is 11.3 Å². The van der Waals surface area contributed by atoms with Crippen LogP contribution in [-0.2, 0) is 0 Å². The van der Waals surface area contributed by atoms with E-state index in [2.05, 4.69) is 36.4 Å². The highest BCUT2D eigenvalue weighted by Crippen LogP contribution is 2.42. The van der Waals surface area contributed by atoms with Crippen molar-refractivity contribution in [1.29, 1.82) is 0 Å². The summed E-state index contributed by atoms with van der Waals surface area (Å²) in [6.45, 7) is 6.40. The molecule has 0 atom stereocenters. The zero-order valence-corrected chi connectivity index (χ0v) is 12.3. The number of nitrogens with zero attached hydrogens (tertiary/aromatic N) is 5. The van der Waals surface area contributed by atoms with Gasteiger partial charge in [0.15, 0.2) is 10.9 Å². The van der Waals surface area contributed by atoms with Crippen molar-refractivity contribution >= 4 is 22.3 Å². The predicted octanol–water partition coefficient (Wildman–Crippen LogP) is 1.96. The Kier molecular flexibility index (Phi) is 2.66. The number of aryl methyl sites for hydroxylation is 1. The molecule has 2 fully saturated rings. The van der Waals surface area contributed by atoms with Gasteiger partial charge in [0.05, 0.1) is 5.69 Å². The van der Waals surface area contributed by atoms with E-state index in [-0.39, 0.29) is 0 Å². The van der Waals surface area contributed by atoms with Crippen LogP contribution in [0.4, 0.5) is 10.9 Å². The topological polar surface area (TPSA) is 45.2 Å². The Bertz CT molecular complexity index is 589. The van der Waals surface area contributed by atoms with Gasteiger partial charge in [0.1, 0.15) is 0 Å². The highest BCUT2D eigenvalue weighted by Gasteiger charge is 2.48. The molecule has 4 heterocycles. The smallest absolute Gasteiger partial charge is 0.185 e. The van der Waals surface area contributed by atoms with Crippen molar-refractivity contribution in [2.45, 2.75) is 13.3 Å². The Morgan fingerprint density at radius 1 is 1.15 bits per heavy atom. The number of rotatable bonds is 2. The number of hydrogen-bond acceptors (Lipinski definition) is 6. The fourth-order valence-electron chi connectivity index (χ4n) is 3.21. The molecule has 0 bridgehead atoms. The van der Waals surface area contributed by atoms with Crippen LogP contribution in [0.2, 0.25) is 0 Å². The summed E-state index contributed by atoms with van der Waals surface area (Å²) in [4.78, 5) is 9.17. The quantitative estimate of drug-likeness (QED) is 0.845. The van der Waals surface area contributed by atoms with E-state index in [4.69, 9.17) is 0 Å². The molecule has 1 spiro atoms. The molecule has 2 saturated heterocycles. The van der Waals surface area contributed by atoms with Crippen molar-refractivity contribution < 1.29 is 0 Å². The molecular weight excluding hydrogens is 270 g/mol. The van der Waals surface area contributed by atoms with Gasteiger partial charge < -0.3 is 9.80 Å². The molecule has 20 heavy (non-hydrogen) atoms. The first-order valence-corrected chi connectivity index (χ1v) is 7.82. The highest BCUT2D eigenvalue weighted by atomic mass is 32.1. The predicted molar refractivity (Wildman–Crippen MR) is 80.4 cm³/mol. The molecule has 104 valence electrons. The first-order valence-electron chi connectivity index (χ1n) is 6.94. The summed E-state index contributed by atoms with van der Waals surface area (Å²) in [6, 6.07) is 4.10. The zero-order chi connectivity index (χ0) is 13.6. The molecule has 0 saturated carbocycles. The third kappa shape index (κ3) is 1.95. The lowest BCUT2D eigenvalue weighted by Gasteiger charge is -2.48. The van der Waals surface area contributed by atoms with Crippen LogP contribution in [0.3, 0.4) is 0 Å². The average molecular weight is 287 g/mol. The van der Waals surface area contributed by atoms with E-state index in [0.717, 1.165) is 42.8 Å². The highest BCUT2D eigenvalue weighted by molar-refractivity contribution is 7.13. The lowest BCUT2D eigenvalue weighted by atomic mass is 9.79. The molecule has 0 aliphatic carbocycles. The zero-order valence-electron chi connectivity index (χ0n) is 11.5. The Morgan fingerprint density at radius 2 is 2.00 bits per heavy atom. The van der Waals surface area contributed by atoms with Gasteiger partial charge in [0.25, 0.3) is 0 Å². The van der Waals surface area contributed by atoms with Gasteiger partial charge in [-0.25, -0.2) is 4.98 Å². The summed E-state index contributed by atoms with van der Waals surface area (Å²) >= 11 is 1.73. The maximum absolute atomic E-state index is 4.42. The minimum atomic E-state index is 0.429. The van der Waals surface area contributed by atoms with Crippen molar-refractivity contribution in [1.82, 2.24) is 15.2 Å². The van der Waals surface area contributed by atoms with E-state index in [9.17, 15) is 0 Å². The van der Waals surface area contributed by atoms with Crippen LogP contribution < -0.4 is 9.80 Å². The molecule has 2 aromatic heterocycles. The van der Waals surface area contributed by atoms with E-state index < -0.39 is 0 Å². The van der Waals surface area contributed by atoms with Gasteiger partial charge >= 0.3 is 0 Å². The number of thiazole rings is 1. The summed E-state index contributed by atoms with van der Waals surface area (Å²) in [5.74, 6) is 1.01. The van der Waals surface area contributed by atoms with Crippen LogP contribution in [-0.4, -0.2) is 41.4 Å². The molecule has 0 amide bonds. The van der Waals surface area contributed by atoms with E-state index in [1.165, 1.54) is 6.42 Å². The lowest BCUT2D eigenvalue weighted by Crippen LogP contribution is -2.58. The van der Waals surface area contributed by atoms with Crippen LogP contribution in [0.1, 0.15) is 12.1 Å². The van der Waals surface area contributed by atoms with Gasteiger partial charge in [-0.15, -0.1) is 16.4 Å². The van der Waals surface area contributed by atoms with E-state index >= 15 is 0 Å². The second-order valence-electron chi connectivity index (χ2n) is 5.88. The summed E-state index contributed by atoms with van der Waals surface area (Å²) < 4.78 is 0. The number of hydrogen-bond donors (Lipinski definition) is 0. The van der Waals surface area contributed by atoms with Crippen LogP contribution in [0.15, 0.2) is 23.7 Å². The van der Waals surface area contributed by atoms with Gasteiger partial charge in [0, 0.05) is 43.2 Å². The summed E-state index contributed by atoms with van der Waals surface area (Å²) in [7, 11) is 0. The van der Waals surface area contributed by atoms with Crippen LogP contribution >= 0.6 is 11.3 Å². The standard InChI is InChI=1S/C14H17N5S/c1-11-2-3-12(17-16-11)19-9-14(10-19)4-6-18(8-14)13-15-5-7-20-13/h2-3,5,7H,4,6,8-10H2,1H3. The van der Waals surface area contributed by atoms with Gasteiger partial charge in [-0.1, -0.05) is 0 Å². The Morgan fingerprint density at radius 3 is 2.70 bits per heavy atom. The molecule has 4 rings (SSSR count). The molecule has 0 aromatic carbocycles. The van der Waals surface area contributed by atoms with Crippen LogP contribution in [0, 0.1) is 12.3 Å². The minimum absolute atomic E-state index is 0.429. The van der Waals surface area contributed by atoms with Crippen LogP contribution in [0.25, 0.3) is 0 Å². The van der Waals surface area contributed by atoms with Crippen molar-refractivity contribution in [3.63, 3.8) is 0 Å². The molecule has 0 radical (unpaired) electrons. The van der Waals surface area contributed by atoms with Gasteiger partial charge in [0.2, 0.25) is 0 Å². The Balaban J connectivity index is 1.42. The second kappa shape index (κ2) is 4.41. The molecule has 2 aliphatic heterocycles. The number of aromatic nitrogens is 3. The van der Waals surface area contributed by atoms with Crippen molar-refractivity contribution in [3.05, 3.63) is 29.4 Å². The molecule has 6 heteroatoms. The third-order valence-electron chi connectivity index (χ3n) is 4.29. The van der Waals surface area contributed by atoms with Gasteiger partial charge in [-0.2, -0.15) is 5.10 Å². The Labute approximate surface area is 122 Å². The monoisotopic (exact) mass is 287 g/mol. The Hall–Kier alpha value is -1.69. The SMILES string of the molecule is Cc1ccc(N2CC3(CCN(c4nccs4)C3)C2)nn1. The summed E-state index contributed by atoms with van der Waals surface area (Å²) in [5.41, 5.74) is 1.40. The van der Waals surface area contributed by atoms with E-state index in [1.807, 2.05) is 19.2 Å². The molecule has 0 N–H and O–H groups in total. The molecule has 0 unspecified atom stereocenters. The maximum Gasteiger partial charge on any atom is 0.185 e. The second-order valence-corrected chi connectivity index (χ2v) is 6.75. The fourth-order valence-corrected chi connectivity index (χ4v) is 3.88. The number of anilines is 2. The maximum atomic E-state index is 4.42. The first kappa shape index (κ1) is 12.1. The first-order chi connectivity index (χ1) is 9.74. The summed E-state index contributed by atoms with van der Waals surface area (Å²) in [6.07, 6.45) is 3.14. The van der Waals surface area contributed by atoms with Gasteiger partial charge in [-0.3, -0.25) is 0 Å². The van der Waals surface area contributed by atoms with Gasteiger partial charge in [-0.05, 0) is 25.5 Å². The van der Waals surface area contributed by atoms with Crippen molar-refractivity contribution in [3.8, 4) is 0 Å². The minimum Gasteiger partial charge on any atom is -0.354 e. The van der Waals surface area contributed by atoms with E-state index in [0.29, 0.717) is 5.41 Å².